The van der Waals surface area contributed by atoms with Gasteiger partial charge in [-0.2, -0.15) is 0 Å². The van der Waals surface area contributed by atoms with Crippen LogP contribution in [0.1, 0.15) is 37.8 Å². The minimum Gasteiger partial charge on any atom is -0.267 e. The average molecular weight is 268 g/mol. The molecule has 1 aliphatic heterocycles. The zero-order valence-electron chi connectivity index (χ0n) is 11.2. The Morgan fingerprint density at radius 2 is 1.25 bits per heavy atom. The predicted molar refractivity (Wildman–Crippen MR) is 78.2 cm³/mol. The molecule has 20 heavy (non-hydrogen) atoms. The fraction of sp³-hybridized carbons (Fsp3) is 0.375. The van der Waals surface area contributed by atoms with Gasteiger partial charge < -0.3 is 0 Å². The van der Waals surface area contributed by atoms with Crippen LogP contribution < -0.4 is 11.1 Å². The summed E-state index contributed by atoms with van der Waals surface area (Å²) >= 11 is 0. The zero-order valence-corrected chi connectivity index (χ0v) is 11.2. The molecule has 4 rings (SSSR count). The maximum absolute atomic E-state index is 12.7. The van der Waals surface area contributed by atoms with Crippen LogP contribution in [0.4, 0.5) is 0 Å². The van der Waals surface area contributed by atoms with Gasteiger partial charge in [-0.15, -0.1) is 0 Å². The number of nitrogens with zero attached hydrogens (tertiary/aromatic N) is 2. The molecule has 2 atom stereocenters. The first-order valence-electron chi connectivity index (χ1n) is 7.22. The summed E-state index contributed by atoms with van der Waals surface area (Å²) in [6.45, 7) is 0. The van der Waals surface area contributed by atoms with E-state index in [2.05, 4.69) is 12.2 Å². The molecular weight excluding hydrogens is 252 g/mol. The van der Waals surface area contributed by atoms with Crippen molar-refractivity contribution in [3.63, 3.8) is 0 Å². The Morgan fingerprint density at radius 1 is 0.800 bits per heavy atom. The second-order valence-electron chi connectivity index (χ2n) is 5.65. The van der Waals surface area contributed by atoms with Gasteiger partial charge in [0.2, 0.25) is 0 Å². The van der Waals surface area contributed by atoms with Crippen LogP contribution in [0.3, 0.4) is 0 Å². The molecule has 1 aromatic carbocycles. The molecule has 2 unspecified atom stereocenters. The molecule has 2 heterocycles. The lowest BCUT2D eigenvalue weighted by Gasteiger charge is -2.33. The summed E-state index contributed by atoms with van der Waals surface area (Å²) in [6.07, 6.45) is 8.28. The van der Waals surface area contributed by atoms with E-state index in [0.29, 0.717) is 10.8 Å². The molecule has 2 aromatic rings. The van der Waals surface area contributed by atoms with Gasteiger partial charge in [-0.25, -0.2) is 9.36 Å². The summed E-state index contributed by atoms with van der Waals surface area (Å²) in [5.74, 6) is 0. The smallest absolute Gasteiger partial charge is 0.267 e. The first-order chi connectivity index (χ1) is 9.77. The Balaban J connectivity index is 2.17. The standard InChI is InChI=1S/C16H16N2O2/c19-15-13-7-3-4-8-14(13)16(20)18-12-6-2-1-5-11(9-10-12)17(15)18/h3-4,7-12H,1-2,5-6H2. The van der Waals surface area contributed by atoms with Gasteiger partial charge in [0.15, 0.2) is 0 Å². The van der Waals surface area contributed by atoms with E-state index in [1.807, 2.05) is 12.1 Å². The van der Waals surface area contributed by atoms with Crippen molar-refractivity contribution in [1.29, 1.82) is 0 Å². The van der Waals surface area contributed by atoms with Gasteiger partial charge in [0.1, 0.15) is 0 Å². The van der Waals surface area contributed by atoms with Crippen molar-refractivity contribution in [2.75, 3.05) is 0 Å². The van der Waals surface area contributed by atoms with Crippen LogP contribution in [-0.4, -0.2) is 9.36 Å². The van der Waals surface area contributed by atoms with Gasteiger partial charge >= 0.3 is 0 Å². The van der Waals surface area contributed by atoms with Crippen LogP contribution in [0.5, 0.6) is 0 Å². The van der Waals surface area contributed by atoms with E-state index in [9.17, 15) is 9.59 Å². The highest BCUT2D eigenvalue weighted by atomic mass is 16.2. The van der Waals surface area contributed by atoms with Gasteiger partial charge in [-0.05, 0) is 25.0 Å². The van der Waals surface area contributed by atoms with Gasteiger partial charge in [-0.3, -0.25) is 9.59 Å². The van der Waals surface area contributed by atoms with Crippen LogP contribution in [0, 0.1) is 0 Å². The van der Waals surface area contributed by atoms with E-state index in [4.69, 9.17) is 0 Å². The molecule has 1 aliphatic carbocycles. The van der Waals surface area contributed by atoms with Crippen LogP contribution in [0.25, 0.3) is 10.8 Å². The topological polar surface area (TPSA) is 44.0 Å². The molecule has 1 aromatic heterocycles. The zero-order chi connectivity index (χ0) is 13.7. The van der Waals surface area contributed by atoms with E-state index < -0.39 is 0 Å². The van der Waals surface area contributed by atoms with Gasteiger partial charge in [0.25, 0.3) is 11.1 Å². The van der Waals surface area contributed by atoms with Gasteiger partial charge in [0, 0.05) is 0 Å². The van der Waals surface area contributed by atoms with Crippen molar-refractivity contribution in [2.24, 2.45) is 0 Å². The average Bonchev–Trinajstić information content (AvgIpc) is 2.44. The third-order valence-electron chi connectivity index (χ3n) is 4.47. The largest absolute Gasteiger partial charge is 0.273 e. The number of hydrogen-bond donors (Lipinski definition) is 0. The van der Waals surface area contributed by atoms with Crippen LogP contribution in [-0.2, 0) is 0 Å². The summed E-state index contributed by atoms with van der Waals surface area (Å²) < 4.78 is 3.38. The number of aromatic nitrogens is 2. The Kier molecular flexibility index (Phi) is 2.46. The first-order valence-corrected chi connectivity index (χ1v) is 7.22. The van der Waals surface area contributed by atoms with E-state index in [0.717, 1.165) is 25.7 Å². The Hall–Kier alpha value is -2.10. The van der Waals surface area contributed by atoms with E-state index in [1.54, 1.807) is 21.5 Å². The van der Waals surface area contributed by atoms with Crippen LogP contribution >= 0.6 is 0 Å². The summed E-state index contributed by atoms with van der Waals surface area (Å²) in [5.41, 5.74) is -0.0806. The Bertz CT molecular complexity index is 760. The lowest BCUT2D eigenvalue weighted by atomic mass is 9.97. The molecule has 0 N–H and O–H groups in total. The number of hydrogen-bond acceptors (Lipinski definition) is 2. The van der Waals surface area contributed by atoms with E-state index in [-0.39, 0.29) is 23.2 Å². The van der Waals surface area contributed by atoms with Crippen molar-refractivity contribution in [1.82, 2.24) is 9.36 Å². The summed E-state index contributed by atoms with van der Waals surface area (Å²) in [4.78, 5) is 25.5. The third-order valence-corrected chi connectivity index (χ3v) is 4.47. The van der Waals surface area contributed by atoms with Crippen molar-refractivity contribution in [3.8, 4) is 0 Å². The maximum Gasteiger partial charge on any atom is 0.273 e. The SMILES string of the molecule is O=c1c2ccccc2c(=O)n2n1C1C=CC2CCCC1. The molecule has 0 radical (unpaired) electrons. The second-order valence-corrected chi connectivity index (χ2v) is 5.65. The second kappa shape index (κ2) is 4.20. The Labute approximate surface area is 115 Å². The van der Waals surface area contributed by atoms with Crippen molar-refractivity contribution in [3.05, 3.63) is 57.1 Å². The number of allylic oxidation sites excluding steroid dienone is 2. The van der Waals surface area contributed by atoms with Crippen molar-refractivity contribution < 1.29 is 0 Å². The molecule has 0 fully saturated rings. The van der Waals surface area contributed by atoms with E-state index >= 15 is 0 Å². The summed E-state index contributed by atoms with van der Waals surface area (Å²) in [5, 5.41) is 1.07. The molecule has 102 valence electrons. The molecule has 2 aliphatic rings. The van der Waals surface area contributed by atoms with Crippen molar-refractivity contribution >= 4 is 10.8 Å². The molecule has 4 heteroatoms. The van der Waals surface area contributed by atoms with Crippen LogP contribution in [0.15, 0.2) is 46.0 Å². The highest BCUT2D eigenvalue weighted by molar-refractivity contribution is 5.80. The highest BCUT2D eigenvalue weighted by Crippen LogP contribution is 2.30. The van der Waals surface area contributed by atoms with Gasteiger partial charge in [0.05, 0.1) is 22.9 Å². The highest BCUT2D eigenvalue weighted by Gasteiger charge is 2.27. The van der Waals surface area contributed by atoms with Crippen molar-refractivity contribution in [2.45, 2.75) is 37.8 Å². The number of benzene rings is 1. The molecule has 4 nitrogen and oxygen atoms in total. The minimum absolute atomic E-state index is 0.0244. The predicted octanol–water partition coefficient (Wildman–Crippen LogP) is 2.39. The Morgan fingerprint density at radius 3 is 1.70 bits per heavy atom. The summed E-state index contributed by atoms with van der Waals surface area (Å²) in [7, 11) is 0. The number of rotatable bonds is 0. The quantitative estimate of drug-likeness (QED) is 0.689. The van der Waals surface area contributed by atoms with E-state index in [1.165, 1.54) is 0 Å². The maximum atomic E-state index is 12.7. The fourth-order valence-electron chi connectivity index (χ4n) is 3.48. The molecule has 2 bridgehead atoms. The molecule has 0 saturated heterocycles. The normalized spacial score (nSPS) is 24.4. The molecule has 0 spiro atoms. The summed E-state index contributed by atoms with van der Waals surface area (Å²) in [6, 6.07) is 7.19. The fourth-order valence-corrected chi connectivity index (χ4v) is 3.48. The van der Waals surface area contributed by atoms with Crippen LogP contribution in [0.2, 0.25) is 0 Å². The lowest BCUT2D eigenvalue weighted by molar-refractivity contribution is 0.280. The first kappa shape index (κ1) is 11.7. The van der Waals surface area contributed by atoms with Gasteiger partial charge in [-0.1, -0.05) is 37.1 Å². The minimum atomic E-state index is -0.0403. The lowest BCUT2D eigenvalue weighted by Crippen LogP contribution is -2.44. The molecule has 0 amide bonds. The molecule has 0 saturated carbocycles. The molecular formula is C16H16N2O2. The number of fused-ring (bicyclic) bond motifs is 6. The third kappa shape index (κ3) is 1.48. The monoisotopic (exact) mass is 268 g/mol.